The number of benzene rings is 2. The van der Waals surface area contributed by atoms with Gasteiger partial charge in [-0.2, -0.15) is 0 Å². The third kappa shape index (κ3) is 2.00. The number of hydrogen-bond acceptors (Lipinski definition) is 3. The van der Waals surface area contributed by atoms with Crippen molar-refractivity contribution in [2.75, 3.05) is 5.32 Å². The second kappa shape index (κ2) is 4.48. The highest BCUT2D eigenvalue weighted by Crippen LogP contribution is 2.39. The molecule has 3 aromatic rings. The van der Waals surface area contributed by atoms with Gasteiger partial charge in [0.2, 0.25) is 0 Å². The first-order valence-corrected chi connectivity index (χ1v) is 7.84. The summed E-state index contributed by atoms with van der Waals surface area (Å²) in [5.41, 5.74) is 4.41. The Morgan fingerprint density at radius 2 is 1.83 bits per heavy atom. The molecule has 0 atom stereocenters. The first-order valence-electron chi connectivity index (χ1n) is 7.84. The highest BCUT2D eigenvalue weighted by molar-refractivity contribution is 6.11. The van der Waals surface area contributed by atoms with E-state index in [0.717, 1.165) is 33.2 Å². The van der Waals surface area contributed by atoms with E-state index in [-0.39, 0.29) is 11.2 Å². The Kier molecular flexibility index (Phi) is 2.74. The van der Waals surface area contributed by atoms with Gasteiger partial charge in [0.25, 0.3) is 0 Å². The molecule has 2 aromatic carbocycles. The van der Waals surface area contributed by atoms with Gasteiger partial charge in [0.05, 0.1) is 10.9 Å². The predicted molar refractivity (Wildman–Crippen MR) is 96.1 cm³/mol. The number of allylic oxidation sites excluding steroid dienone is 1. The van der Waals surface area contributed by atoms with Gasteiger partial charge in [-0.25, -0.2) is 4.79 Å². The second-order valence-corrected chi connectivity index (χ2v) is 6.92. The smallest absolute Gasteiger partial charge is 0.344 e. The lowest BCUT2D eigenvalue weighted by Crippen LogP contribution is -2.31. The van der Waals surface area contributed by atoms with Crippen molar-refractivity contribution in [3.63, 3.8) is 0 Å². The Morgan fingerprint density at radius 3 is 2.61 bits per heavy atom. The minimum atomic E-state index is -0.274. The molecule has 0 aliphatic carbocycles. The maximum atomic E-state index is 12.7. The molecule has 116 valence electrons. The molecular formula is C20H19NO2. The van der Waals surface area contributed by atoms with Crippen LogP contribution in [0, 0.1) is 6.92 Å². The van der Waals surface area contributed by atoms with E-state index in [1.807, 2.05) is 31.2 Å². The van der Waals surface area contributed by atoms with Crippen LogP contribution in [0.4, 0.5) is 5.69 Å². The van der Waals surface area contributed by atoms with Crippen molar-refractivity contribution >= 4 is 33.0 Å². The summed E-state index contributed by atoms with van der Waals surface area (Å²) in [5.74, 6) is 0. The summed E-state index contributed by atoms with van der Waals surface area (Å²) in [7, 11) is 0. The van der Waals surface area contributed by atoms with Crippen LogP contribution < -0.4 is 10.9 Å². The molecule has 0 amide bonds. The topological polar surface area (TPSA) is 42.2 Å². The minimum absolute atomic E-state index is 0.127. The average molecular weight is 305 g/mol. The van der Waals surface area contributed by atoms with Gasteiger partial charge in [0, 0.05) is 22.0 Å². The van der Waals surface area contributed by atoms with Gasteiger partial charge < -0.3 is 9.73 Å². The molecule has 1 N–H and O–H groups in total. The van der Waals surface area contributed by atoms with E-state index >= 15 is 0 Å². The molecule has 3 nitrogen and oxygen atoms in total. The third-order valence-corrected chi connectivity index (χ3v) is 4.54. The zero-order chi connectivity index (χ0) is 16.4. The zero-order valence-electron chi connectivity index (χ0n) is 13.8. The highest BCUT2D eigenvalue weighted by Gasteiger charge is 2.25. The van der Waals surface area contributed by atoms with Crippen molar-refractivity contribution in [1.82, 2.24) is 0 Å². The summed E-state index contributed by atoms with van der Waals surface area (Å²) in [4.78, 5) is 12.7. The van der Waals surface area contributed by atoms with Crippen molar-refractivity contribution in [2.45, 2.75) is 33.2 Å². The molecule has 3 heteroatoms. The van der Waals surface area contributed by atoms with E-state index in [1.54, 1.807) is 0 Å². The number of anilines is 1. The lowest BCUT2D eigenvalue weighted by molar-refractivity contribution is 0.569. The van der Waals surface area contributed by atoms with Gasteiger partial charge in [0.1, 0.15) is 5.58 Å². The largest absolute Gasteiger partial charge is 0.422 e. The van der Waals surface area contributed by atoms with Crippen LogP contribution in [-0.2, 0) is 0 Å². The lowest BCUT2D eigenvalue weighted by Gasteiger charge is -2.32. The average Bonchev–Trinajstić information content (AvgIpc) is 2.45. The number of nitrogens with one attached hydrogen (secondary N) is 1. The van der Waals surface area contributed by atoms with Crippen LogP contribution in [0.3, 0.4) is 0 Å². The van der Waals surface area contributed by atoms with Gasteiger partial charge in [-0.1, -0.05) is 24.3 Å². The summed E-state index contributed by atoms with van der Waals surface area (Å²) < 4.78 is 5.61. The van der Waals surface area contributed by atoms with Crippen molar-refractivity contribution in [3.8, 4) is 0 Å². The Labute approximate surface area is 134 Å². The summed E-state index contributed by atoms with van der Waals surface area (Å²) in [5, 5.41) is 6.14. The molecule has 2 heterocycles. The predicted octanol–water partition coefficient (Wildman–Crippen LogP) is 4.86. The number of aryl methyl sites for hydroxylation is 1. The van der Waals surface area contributed by atoms with E-state index in [4.69, 9.17) is 4.42 Å². The third-order valence-electron chi connectivity index (χ3n) is 4.54. The SMILES string of the molecule is CC1=CC(C)(C)Nc2ccc3c(c21)c(=O)oc1cccc(C)c13. The molecule has 1 aromatic heterocycles. The Hall–Kier alpha value is -2.55. The number of fused-ring (bicyclic) bond motifs is 5. The fraction of sp³-hybridized carbons (Fsp3) is 0.250. The lowest BCUT2D eigenvalue weighted by atomic mass is 9.88. The monoisotopic (exact) mass is 305 g/mol. The van der Waals surface area contributed by atoms with Crippen molar-refractivity contribution in [3.05, 3.63) is 58.0 Å². The molecule has 0 saturated heterocycles. The van der Waals surface area contributed by atoms with Crippen molar-refractivity contribution in [2.24, 2.45) is 0 Å². The van der Waals surface area contributed by atoms with Crippen LogP contribution in [0.15, 0.2) is 45.6 Å². The van der Waals surface area contributed by atoms with E-state index in [1.165, 1.54) is 0 Å². The molecule has 0 fully saturated rings. The number of rotatable bonds is 0. The van der Waals surface area contributed by atoms with Gasteiger partial charge in [0.15, 0.2) is 0 Å². The first kappa shape index (κ1) is 14.1. The summed E-state index contributed by atoms with van der Waals surface area (Å²) in [6.45, 7) is 8.35. The Bertz CT molecular complexity index is 1050. The molecule has 0 spiro atoms. The highest BCUT2D eigenvalue weighted by atomic mass is 16.4. The molecule has 4 rings (SSSR count). The molecule has 1 aliphatic rings. The fourth-order valence-electron chi connectivity index (χ4n) is 3.76. The van der Waals surface area contributed by atoms with E-state index < -0.39 is 0 Å². The van der Waals surface area contributed by atoms with E-state index in [9.17, 15) is 4.79 Å². The number of hydrogen-bond donors (Lipinski definition) is 1. The molecule has 23 heavy (non-hydrogen) atoms. The molecule has 0 saturated carbocycles. The summed E-state index contributed by atoms with van der Waals surface area (Å²) in [6.07, 6.45) is 2.16. The van der Waals surface area contributed by atoms with Crippen LogP contribution in [0.5, 0.6) is 0 Å². The van der Waals surface area contributed by atoms with Gasteiger partial charge >= 0.3 is 5.63 Å². The van der Waals surface area contributed by atoms with Crippen LogP contribution in [0.1, 0.15) is 31.9 Å². The molecular weight excluding hydrogens is 286 g/mol. The Balaban J connectivity index is 2.23. The normalized spacial score (nSPS) is 16.1. The fourth-order valence-corrected chi connectivity index (χ4v) is 3.76. The zero-order valence-corrected chi connectivity index (χ0v) is 13.8. The van der Waals surface area contributed by atoms with Crippen LogP contribution >= 0.6 is 0 Å². The maximum Gasteiger partial charge on any atom is 0.344 e. The van der Waals surface area contributed by atoms with Crippen LogP contribution in [-0.4, -0.2) is 5.54 Å². The van der Waals surface area contributed by atoms with E-state index in [0.29, 0.717) is 11.0 Å². The second-order valence-electron chi connectivity index (χ2n) is 6.92. The summed E-state index contributed by atoms with van der Waals surface area (Å²) in [6, 6.07) is 9.92. The first-order chi connectivity index (χ1) is 10.9. The molecule has 0 unspecified atom stereocenters. The van der Waals surface area contributed by atoms with Crippen LogP contribution in [0.25, 0.3) is 27.3 Å². The van der Waals surface area contributed by atoms with Gasteiger partial charge in [-0.3, -0.25) is 0 Å². The van der Waals surface area contributed by atoms with Gasteiger partial charge in [-0.05, 0) is 51.0 Å². The van der Waals surface area contributed by atoms with E-state index in [2.05, 4.69) is 38.2 Å². The van der Waals surface area contributed by atoms with Crippen molar-refractivity contribution in [1.29, 1.82) is 0 Å². The molecule has 0 radical (unpaired) electrons. The van der Waals surface area contributed by atoms with Crippen molar-refractivity contribution < 1.29 is 4.42 Å². The maximum absolute atomic E-state index is 12.7. The quantitative estimate of drug-likeness (QED) is 0.476. The van der Waals surface area contributed by atoms with Gasteiger partial charge in [-0.15, -0.1) is 0 Å². The standard InChI is InChI=1S/C20H19NO2/c1-11-6-5-7-15-16(11)13-8-9-14-17(18(13)19(22)23-15)12(2)10-20(3,4)21-14/h5-10,21H,1-4H3. The minimum Gasteiger partial charge on any atom is -0.422 e. The molecule has 1 aliphatic heterocycles. The van der Waals surface area contributed by atoms with Crippen LogP contribution in [0.2, 0.25) is 0 Å². The molecule has 0 bridgehead atoms. The Morgan fingerprint density at radius 1 is 1.04 bits per heavy atom. The summed E-state index contributed by atoms with van der Waals surface area (Å²) >= 11 is 0.